The summed E-state index contributed by atoms with van der Waals surface area (Å²) in [4.78, 5) is 9.15. The van der Waals surface area contributed by atoms with Crippen molar-refractivity contribution in [2.75, 3.05) is 0 Å². The molecular weight excluding hydrogens is 462 g/mol. The van der Waals surface area contributed by atoms with Crippen molar-refractivity contribution in [2.45, 2.75) is 19.3 Å². The quantitative estimate of drug-likeness (QED) is 0.306. The van der Waals surface area contributed by atoms with Gasteiger partial charge in [0.05, 0.1) is 16.4 Å². The minimum atomic E-state index is 0.518. The molecule has 0 saturated heterocycles. The van der Waals surface area contributed by atoms with E-state index >= 15 is 0 Å². The fourth-order valence-electron chi connectivity index (χ4n) is 3.86. The van der Waals surface area contributed by atoms with Crippen molar-refractivity contribution in [3.63, 3.8) is 0 Å². The molecule has 0 bridgehead atoms. The van der Waals surface area contributed by atoms with Crippen LogP contribution >= 0.6 is 46.4 Å². The minimum absolute atomic E-state index is 0.518. The van der Waals surface area contributed by atoms with Gasteiger partial charge in [-0.05, 0) is 66.8 Å². The summed E-state index contributed by atoms with van der Waals surface area (Å²) in [6.45, 7) is 0. The van der Waals surface area contributed by atoms with Gasteiger partial charge in [0.2, 0.25) is 0 Å². The lowest BCUT2D eigenvalue weighted by Crippen LogP contribution is -2.12. The number of benzene rings is 2. The number of rotatable bonds is 2. The maximum absolute atomic E-state index is 6.56. The molecule has 0 atom stereocenters. The highest BCUT2D eigenvalue weighted by molar-refractivity contribution is 6.36. The molecule has 4 nitrogen and oxygen atoms in total. The second-order valence-electron chi connectivity index (χ2n) is 7.07. The van der Waals surface area contributed by atoms with E-state index in [4.69, 9.17) is 51.4 Å². The number of allylic oxidation sites excluding steroid dienone is 1. The van der Waals surface area contributed by atoms with Gasteiger partial charge in [-0.25, -0.2) is 4.98 Å². The summed E-state index contributed by atoms with van der Waals surface area (Å²) in [5, 5.41) is 6.75. The average molecular weight is 476 g/mol. The van der Waals surface area contributed by atoms with E-state index in [1.807, 2.05) is 24.3 Å². The SMILES string of the molecule is Clc1ccc(/C=C2/CCCc3c2nc2ncnn2c3-c2ccc(Cl)cc2Cl)c(Cl)c1. The van der Waals surface area contributed by atoms with E-state index in [2.05, 4.69) is 16.2 Å². The molecule has 0 N–H and O–H groups in total. The Hall–Kier alpha value is -2.11. The van der Waals surface area contributed by atoms with Crippen molar-refractivity contribution in [1.82, 2.24) is 19.6 Å². The zero-order valence-corrected chi connectivity index (χ0v) is 18.6. The van der Waals surface area contributed by atoms with Crippen molar-refractivity contribution in [3.05, 3.63) is 79.6 Å². The summed E-state index contributed by atoms with van der Waals surface area (Å²) in [6.07, 6.45) is 6.30. The molecule has 0 aliphatic heterocycles. The van der Waals surface area contributed by atoms with Crippen LogP contribution < -0.4 is 0 Å². The smallest absolute Gasteiger partial charge is 0.211 e. The van der Waals surface area contributed by atoms with Crippen molar-refractivity contribution in [1.29, 1.82) is 0 Å². The van der Waals surface area contributed by atoms with Gasteiger partial charge in [0.15, 0.2) is 0 Å². The molecule has 2 aromatic carbocycles. The van der Waals surface area contributed by atoms with Gasteiger partial charge in [-0.15, -0.1) is 0 Å². The third-order valence-electron chi connectivity index (χ3n) is 5.18. The number of halogens is 4. The van der Waals surface area contributed by atoms with Crippen LogP contribution in [0.1, 0.15) is 29.7 Å². The number of hydrogen-bond acceptors (Lipinski definition) is 3. The van der Waals surface area contributed by atoms with Gasteiger partial charge in [0, 0.05) is 26.2 Å². The first-order valence-electron chi connectivity index (χ1n) is 9.35. The molecule has 30 heavy (non-hydrogen) atoms. The third kappa shape index (κ3) is 3.48. The predicted octanol–water partition coefficient (Wildman–Crippen LogP) is 7.28. The molecular formula is C22H14Cl4N4. The Kier molecular flexibility index (Phi) is 5.19. The molecule has 0 fully saturated rings. The maximum Gasteiger partial charge on any atom is 0.253 e. The first kappa shape index (κ1) is 19.8. The number of fused-ring (bicyclic) bond motifs is 2. The van der Waals surface area contributed by atoms with Crippen molar-refractivity contribution >= 4 is 63.8 Å². The Labute approximate surface area is 193 Å². The fourth-order valence-corrected chi connectivity index (χ4v) is 4.82. The summed E-state index contributed by atoms with van der Waals surface area (Å²) in [7, 11) is 0. The van der Waals surface area contributed by atoms with E-state index in [9.17, 15) is 0 Å². The van der Waals surface area contributed by atoms with E-state index < -0.39 is 0 Å². The maximum atomic E-state index is 6.56. The number of nitrogens with zero attached hydrogens (tertiary/aromatic N) is 4. The highest BCUT2D eigenvalue weighted by Gasteiger charge is 2.25. The second-order valence-corrected chi connectivity index (χ2v) is 8.76. The molecule has 1 aliphatic rings. The van der Waals surface area contributed by atoms with Crippen LogP contribution in [0.5, 0.6) is 0 Å². The largest absolute Gasteiger partial charge is 0.253 e. The van der Waals surface area contributed by atoms with Crippen LogP contribution in [-0.4, -0.2) is 19.6 Å². The molecule has 4 aromatic rings. The Balaban J connectivity index is 1.76. The molecule has 150 valence electrons. The predicted molar refractivity (Wildman–Crippen MR) is 124 cm³/mol. The minimum Gasteiger partial charge on any atom is -0.211 e. The summed E-state index contributed by atoms with van der Waals surface area (Å²) >= 11 is 25.1. The van der Waals surface area contributed by atoms with E-state index in [0.29, 0.717) is 25.9 Å². The lowest BCUT2D eigenvalue weighted by Gasteiger charge is -2.22. The van der Waals surface area contributed by atoms with Gasteiger partial charge in [0.25, 0.3) is 5.78 Å². The van der Waals surface area contributed by atoms with E-state index in [1.165, 1.54) is 6.33 Å². The lowest BCUT2D eigenvalue weighted by atomic mass is 9.87. The van der Waals surface area contributed by atoms with Crippen LogP contribution in [-0.2, 0) is 6.42 Å². The summed E-state index contributed by atoms with van der Waals surface area (Å²) in [6, 6.07) is 11.0. The van der Waals surface area contributed by atoms with E-state index in [-0.39, 0.29) is 0 Å². The van der Waals surface area contributed by atoms with Crippen molar-refractivity contribution in [2.24, 2.45) is 0 Å². The molecule has 0 unspecified atom stereocenters. The van der Waals surface area contributed by atoms with Gasteiger partial charge in [0.1, 0.15) is 6.33 Å². The average Bonchev–Trinajstić information content (AvgIpc) is 3.17. The van der Waals surface area contributed by atoms with Crippen LogP contribution in [0.2, 0.25) is 20.1 Å². The highest BCUT2D eigenvalue weighted by atomic mass is 35.5. The first-order valence-corrected chi connectivity index (χ1v) is 10.9. The summed E-state index contributed by atoms with van der Waals surface area (Å²) in [5.74, 6) is 0.518. The Morgan fingerprint density at radius 1 is 0.900 bits per heavy atom. The van der Waals surface area contributed by atoms with Crippen LogP contribution in [0.4, 0.5) is 0 Å². The molecule has 0 spiro atoms. The van der Waals surface area contributed by atoms with Crippen LogP contribution in [0, 0.1) is 0 Å². The van der Waals surface area contributed by atoms with Crippen molar-refractivity contribution in [3.8, 4) is 11.3 Å². The van der Waals surface area contributed by atoms with Gasteiger partial charge >= 0.3 is 0 Å². The highest BCUT2D eigenvalue weighted by Crippen LogP contribution is 2.40. The molecule has 1 aliphatic carbocycles. The zero-order chi connectivity index (χ0) is 20.8. The lowest BCUT2D eigenvalue weighted by molar-refractivity contribution is 0.792. The van der Waals surface area contributed by atoms with Gasteiger partial charge < -0.3 is 0 Å². The normalized spacial score (nSPS) is 15.0. The van der Waals surface area contributed by atoms with E-state index in [0.717, 1.165) is 52.9 Å². The topological polar surface area (TPSA) is 43.1 Å². The van der Waals surface area contributed by atoms with Gasteiger partial charge in [-0.2, -0.15) is 14.6 Å². The Bertz CT molecular complexity index is 1330. The van der Waals surface area contributed by atoms with Gasteiger partial charge in [-0.1, -0.05) is 52.5 Å². The van der Waals surface area contributed by atoms with Crippen LogP contribution in [0.3, 0.4) is 0 Å². The number of hydrogen-bond donors (Lipinski definition) is 0. The monoisotopic (exact) mass is 474 g/mol. The molecule has 2 heterocycles. The summed E-state index contributed by atoms with van der Waals surface area (Å²) in [5.41, 5.74) is 5.71. The molecule has 0 amide bonds. The van der Waals surface area contributed by atoms with Crippen molar-refractivity contribution < 1.29 is 0 Å². The zero-order valence-electron chi connectivity index (χ0n) is 15.5. The number of aromatic nitrogens is 4. The Morgan fingerprint density at radius 2 is 1.67 bits per heavy atom. The summed E-state index contributed by atoms with van der Waals surface area (Å²) < 4.78 is 1.74. The molecule has 8 heteroatoms. The standard InChI is InChI=1S/C22H14Cl4N4/c23-14-5-4-12(18(25)9-14)8-13-2-1-3-17-20(13)29-22-27-11-28-30(22)21(17)16-7-6-15(24)10-19(16)26/h4-11H,1-3H2/b13-8-. The van der Waals surface area contributed by atoms with E-state index in [1.54, 1.807) is 16.6 Å². The Morgan fingerprint density at radius 3 is 2.43 bits per heavy atom. The third-order valence-corrected chi connectivity index (χ3v) is 6.29. The van der Waals surface area contributed by atoms with Crippen LogP contribution in [0.25, 0.3) is 28.7 Å². The van der Waals surface area contributed by atoms with Crippen LogP contribution in [0.15, 0.2) is 42.7 Å². The first-order chi connectivity index (χ1) is 14.5. The second kappa shape index (κ2) is 7.86. The van der Waals surface area contributed by atoms with Gasteiger partial charge in [-0.3, -0.25) is 0 Å². The molecule has 0 radical (unpaired) electrons. The molecule has 5 rings (SSSR count). The fraction of sp³-hybridized carbons (Fsp3) is 0.136. The molecule has 0 saturated carbocycles. The molecule has 2 aromatic heterocycles.